The van der Waals surface area contributed by atoms with Crippen LogP contribution < -0.4 is 10.7 Å². The van der Waals surface area contributed by atoms with E-state index >= 15 is 0 Å². The van der Waals surface area contributed by atoms with Gasteiger partial charge in [-0.05, 0) is 70.8 Å². The summed E-state index contributed by atoms with van der Waals surface area (Å²) in [7, 11) is 0.0308. The molecule has 8 nitrogen and oxygen atoms in total. The van der Waals surface area contributed by atoms with Crippen molar-refractivity contribution in [3.63, 3.8) is 0 Å². The van der Waals surface area contributed by atoms with E-state index < -0.39 is 21.4 Å². The molecule has 0 aliphatic heterocycles. The highest BCUT2D eigenvalue weighted by Gasteiger charge is 2.29. The molecule has 4 rings (SSSR count). The van der Waals surface area contributed by atoms with Crippen LogP contribution in [0.15, 0.2) is 34.1 Å². The zero-order valence-corrected chi connectivity index (χ0v) is 24.1. The van der Waals surface area contributed by atoms with Crippen molar-refractivity contribution in [1.82, 2.24) is 19.1 Å². The van der Waals surface area contributed by atoms with E-state index in [2.05, 4.69) is 17.3 Å². The number of fused-ring (bicyclic) bond motifs is 1. The summed E-state index contributed by atoms with van der Waals surface area (Å²) in [6, 6.07) is 5.31. The van der Waals surface area contributed by atoms with Crippen LogP contribution in [-0.4, -0.2) is 67.4 Å². The molecule has 0 bridgehead atoms. The molecule has 2 aliphatic carbocycles. The Balaban J connectivity index is 1.51. The summed E-state index contributed by atoms with van der Waals surface area (Å²) < 4.78 is 30.2. The van der Waals surface area contributed by atoms with E-state index in [0.717, 1.165) is 45.1 Å². The normalized spacial score (nSPS) is 17.9. The van der Waals surface area contributed by atoms with Gasteiger partial charge in [0.25, 0.3) is 5.91 Å². The molecule has 1 amide bonds. The number of hydrogen-bond acceptors (Lipinski definition) is 5. The Morgan fingerprint density at radius 2 is 1.63 bits per heavy atom. The van der Waals surface area contributed by atoms with Crippen LogP contribution in [0.1, 0.15) is 87.9 Å². The number of aryl methyl sites for hydroxylation is 1. The van der Waals surface area contributed by atoms with Gasteiger partial charge in [-0.15, -0.1) is 0 Å². The Hall–Kier alpha value is -2.23. The SMILES string of the molecule is CCn1cc(C(=O)NCCCN(C)C2CCCCC2)c(=O)c2cc(S(=O)(=O)N(C)C3CCCCC3)ccc21. The molecule has 9 heteroatoms. The highest BCUT2D eigenvalue weighted by atomic mass is 32.2. The number of amides is 1. The van der Waals surface area contributed by atoms with Crippen LogP contribution >= 0.6 is 0 Å². The maximum atomic E-state index is 13.4. The Bertz CT molecular complexity index is 1280. The number of carbonyl (C=O) groups excluding carboxylic acids is 1. The summed E-state index contributed by atoms with van der Waals surface area (Å²) in [5, 5.41) is 3.17. The molecule has 1 N–H and O–H groups in total. The second-order valence-corrected chi connectivity index (χ2v) is 13.0. The maximum Gasteiger partial charge on any atom is 0.256 e. The largest absolute Gasteiger partial charge is 0.352 e. The van der Waals surface area contributed by atoms with Crippen LogP contribution in [0.3, 0.4) is 0 Å². The quantitative estimate of drug-likeness (QED) is 0.449. The molecule has 0 unspecified atom stereocenters. The number of nitrogens with one attached hydrogen (secondary N) is 1. The number of hydrogen-bond donors (Lipinski definition) is 1. The van der Waals surface area contributed by atoms with Gasteiger partial charge in [0.1, 0.15) is 5.56 Å². The Kier molecular flexibility index (Phi) is 9.65. The van der Waals surface area contributed by atoms with Gasteiger partial charge < -0.3 is 14.8 Å². The van der Waals surface area contributed by atoms with E-state index in [0.29, 0.717) is 24.6 Å². The first kappa shape index (κ1) is 28.8. The first-order valence-electron chi connectivity index (χ1n) is 14.4. The van der Waals surface area contributed by atoms with Crippen LogP contribution in [0.4, 0.5) is 0 Å². The van der Waals surface area contributed by atoms with E-state index in [4.69, 9.17) is 0 Å². The summed E-state index contributed by atoms with van der Waals surface area (Å²) in [4.78, 5) is 29.0. The van der Waals surface area contributed by atoms with Crippen molar-refractivity contribution in [2.75, 3.05) is 27.2 Å². The van der Waals surface area contributed by atoms with Gasteiger partial charge in [-0.25, -0.2) is 8.42 Å². The van der Waals surface area contributed by atoms with Crippen LogP contribution in [0.2, 0.25) is 0 Å². The topological polar surface area (TPSA) is 91.7 Å². The van der Waals surface area contributed by atoms with Gasteiger partial charge in [-0.3, -0.25) is 9.59 Å². The molecule has 0 atom stereocenters. The predicted molar refractivity (Wildman–Crippen MR) is 152 cm³/mol. The number of rotatable bonds is 10. The molecule has 1 aromatic heterocycles. The Morgan fingerprint density at radius 1 is 1.00 bits per heavy atom. The van der Waals surface area contributed by atoms with Gasteiger partial charge in [0.2, 0.25) is 15.5 Å². The van der Waals surface area contributed by atoms with Crippen molar-refractivity contribution in [2.45, 2.75) is 101 Å². The molecular formula is C29H44N4O4S. The number of sulfonamides is 1. The van der Waals surface area contributed by atoms with Gasteiger partial charge >= 0.3 is 0 Å². The molecule has 2 aromatic rings. The predicted octanol–water partition coefficient (Wildman–Crippen LogP) is 4.36. The van der Waals surface area contributed by atoms with Crippen LogP contribution in [0.25, 0.3) is 10.9 Å². The molecule has 38 heavy (non-hydrogen) atoms. The lowest BCUT2D eigenvalue weighted by atomic mass is 9.94. The van der Waals surface area contributed by atoms with Crippen molar-refractivity contribution in [2.24, 2.45) is 0 Å². The minimum Gasteiger partial charge on any atom is -0.352 e. The van der Waals surface area contributed by atoms with Crippen molar-refractivity contribution >= 4 is 26.8 Å². The number of pyridine rings is 1. The van der Waals surface area contributed by atoms with Crippen molar-refractivity contribution in [3.8, 4) is 0 Å². The lowest BCUT2D eigenvalue weighted by Crippen LogP contribution is -2.38. The van der Waals surface area contributed by atoms with Crippen molar-refractivity contribution < 1.29 is 13.2 Å². The fraction of sp³-hybridized carbons (Fsp3) is 0.655. The molecule has 0 spiro atoms. The summed E-state index contributed by atoms with van der Waals surface area (Å²) in [5.41, 5.74) is 0.247. The number of aromatic nitrogens is 1. The molecule has 1 heterocycles. The van der Waals surface area contributed by atoms with E-state index in [9.17, 15) is 18.0 Å². The molecule has 2 saturated carbocycles. The van der Waals surface area contributed by atoms with E-state index in [-0.39, 0.29) is 21.9 Å². The third kappa shape index (κ3) is 6.32. The fourth-order valence-corrected chi connectivity index (χ4v) is 7.54. The lowest BCUT2D eigenvalue weighted by molar-refractivity contribution is 0.0949. The summed E-state index contributed by atoms with van der Waals surface area (Å²) in [6.45, 7) is 3.88. The maximum absolute atomic E-state index is 13.4. The molecule has 1 aromatic carbocycles. The van der Waals surface area contributed by atoms with Crippen molar-refractivity contribution in [1.29, 1.82) is 0 Å². The first-order valence-corrected chi connectivity index (χ1v) is 15.8. The first-order chi connectivity index (χ1) is 18.2. The van der Waals surface area contributed by atoms with Gasteiger partial charge in [0.05, 0.1) is 10.4 Å². The van der Waals surface area contributed by atoms with Gasteiger partial charge in [0.15, 0.2) is 0 Å². The third-order valence-electron chi connectivity index (χ3n) is 8.57. The third-order valence-corrected chi connectivity index (χ3v) is 10.5. The van der Waals surface area contributed by atoms with Crippen LogP contribution in [0.5, 0.6) is 0 Å². The van der Waals surface area contributed by atoms with E-state index in [1.807, 2.05) is 11.5 Å². The van der Waals surface area contributed by atoms with Crippen LogP contribution in [-0.2, 0) is 16.6 Å². The monoisotopic (exact) mass is 544 g/mol. The lowest BCUT2D eigenvalue weighted by Gasteiger charge is -2.31. The van der Waals surface area contributed by atoms with Gasteiger partial charge in [-0.2, -0.15) is 4.31 Å². The minimum absolute atomic E-state index is 0.0222. The molecule has 0 radical (unpaired) electrons. The Labute approximate surface area is 227 Å². The van der Waals surface area contributed by atoms with E-state index in [1.165, 1.54) is 42.5 Å². The average molecular weight is 545 g/mol. The molecule has 210 valence electrons. The summed E-state index contributed by atoms with van der Waals surface area (Å²) >= 11 is 0. The average Bonchev–Trinajstić information content (AvgIpc) is 2.95. The van der Waals surface area contributed by atoms with Gasteiger partial charge in [0, 0.05) is 43.8 Å². The fourth-order valence-electron chi connectivity index (χ4n) is 6.10. The second-order valence-electron chi connectivity index (χ2n) is 11.0. The zero-order valence-electron chi connectivity index (χ0n) is 23.2. The number of nitrogens with zero attached hydrogens (tertiary/aromatic N) is 3. The minimum atomic E-state index is -3.75. The number of benzene rings is 1. The van der Waals surface area contributed by atoms with Crippen molar-refractivity contribution in [3.05, 3.63) is 40.2 Å². The van der Waals surface area contributed by atoms with Crippen LogP contribution in [0, 0.1) is 0 Å². The highest BCUT2D eigenvalue weighted by molar-refractivity contribution is 7.89. The molecule has 0 saturated heterocycles. The standard InChI is InChI=1S/C29H44N4O4S/c1-4-33-21-26(29(35)30-18-11-19-31(2)22-12-7-5-8-13-22)28(34)25-20-24(16-17-27(25)33)38(36,37)32(3)23-14-9-6-10-15-23/h16-17,20-23H,4-15,18-19H2,1-3H3,(H,30,35). The van der Waals surface area contributed by atoms with E-state index in [1.54, 1.807) is 25.4 Å². The summed E-state index contributed by atoms with van der Waals surface area (Å²) in [5.74, 6) is -0.410. The zero-order chi connectivity index (χ0) is 27.3. The smallest absolute Gasteiger partial charge is 0.256 e. The molecule has 2 fully saturated rings. The Morgan fingerprint density at radius 3 is 2.26 bits per heavy atom. The molecule has 2 aliphatic rings. The molecular weight excluding hydrogens is 500 g/mol. The van der Waals surface area contributed by atoms with Gasteiger partial charge in [-0.1, -0.05) is 38.5 Å². The summed E-state index contributed by atoms with van der Waals surface area (Å²) in [6.07, 6.45) is 13.7. The number of carbonyl (C=O) groups is 1. The second kappa shape index (κ2) is 12.7. The highest BCUT2D eigenvalue weighted by Crippen LogP contribution is 2.28.